The number of hydrogen-bond donors (Lipinski definition) is 0. The smallest absolute Gasteiger partial charge is 0.328 e. The van der Waals surface area contributed by atoms with Crippen molar-refractivity contribution < 1.29 is 18.8 Å². The predicted octanol–water partition coefficient (Wildman–Crippen LogP) is 3.24. The Labute approximate surface area is 160 Å². The van der Waals surface area contributed by atoms with E-state index in [1.807, 2.05) is 12.1 Å². The molecule has 0 atom stereocenters. The standard InChI is InChI=1S/C18H17ClFN3O4/c1-27-14-8-15(20)18(23(25)26)16(9-14)21-6-7-22(17(24)11-21)10-12-2-4-13(19)5-3-12/h2-5,8-9H,6-7,10-11H2,1H3. The van der Waals surface area contributed by atoms with Crippen molar-refractivity contribution in [3.05, 3.63) is 62.9 Å². The summed E-state index contributed by atoms with van der Waals surface area (Å²) in [5.41, 5.74) is 0.311. The molecular formula is C18H17ClFN3O4. The van der Waals surface area contributed by atoms with Gasteiger partial charge in [0.05, 0.1) is 18.6 Å². The average Bonchev–Trinajstić information content (AvgIpc) is 2.64. The number of carbonyl (C=O) groups is 1. The van der Waals surface area contributed by atoms with Crippen LogP contribution in [0.4, 0.5) is 15.8 Å². The SMILES string of the molecule is COc1cc(F)c([N+](=O)[O-])c(N2CCN(Cc3ccc(Cl)cc3)C(=O)C2)c1. The maximum absolute atomic E-state index is 14.1. The molecule has 1 amide bonds. The summed E-state index contributed by atoms with van der Waals surface area (Å²) >= 11 is 5.86. The van der Waals surface area contributed by atoms with Gasteiger partial charge < -0.3 is 14.5 Å². The molecule has 0 N–H and O–H groups in total. The molecule has 1 fully saturated rings. The third-order valence-electron chi connectivity index (χ3n) is 4.38. The lowest BCUT2D eigenvalue weighted by molar-refractivity contribution is -0.386. The van der Waals surface area contributed by atoms with Gasteiger partial charge in [-0.05, 0) is 17.7 Å². The number of rotatable bonds is 5. The van der Waals surface area contributed by atoms with E-state index in [9.17, 15) is 19.3 Å². The highest BCUT2D eigenvalue weighted by atomic mass is 35.5. The van der Waals surface area contributed by atoms with Crippen molar-refractivity contribution in [2.45, 2.75) is 6.54 Å². The molecule has 2 aromatic carbocycles. The topological polar surface area (TPSA) is 75.9 Å². The number of methoxy groups -OCH3 is 1. The lowest BCUT2D eigenvalue weighted by Crippen LogP contribution is -2.50. The first-order valence-corrected chi connectivity index (χ1v) is 8.56. The first-order chi connectivity index (χ1) is 12.9. The summed E-state index contributed by atoms with van der Waals surface area (Å²) in [5, 5.41) is 11.9. The first kappa shape index (κ1) is 18.9. The third kappa shape index (κ3) is 4.11. The molecule has 0 aliphatic carbocycles. The van der Waals surface area contributed by atoms with Gasteiger partial charge in [0, 0.05) is 36.8 Å². The van der Waals surface area contributed by atoms with Gasteiger partial charge in [-0.3, -0.25) is 14.9 Å². The van der Waals surface area contributed by atoms with Gasteiger partial charge in [-0.2, -0.15) is 4.39 Å². The Morgan fingerprint density at radius 2 is 1.96 bits per heavy atom. The second kappa shape index (κ2) is 7.79. The van der Waals surface area contributed by atoms with Crippen LogP contribution in [-0.4, -0.2) is 42.5 Å². The minimum absolute atomic E-state index is 0.0383. The van der Waals surface area contributed by atoms with E-state index in [-0.39, 0.29) is 23.9 Å². The van der Waals surface area contributed by atoms with Crippen LogP contribution in [0.3, 0.4) is 0 Å². The Morgan fingerprint density at radius 3 is 2.56 bits per heavy atom. The quantitative estimate of drug-likeness (QED) is 0.575. The summed E-state index contributed by atoms with van der Waals surface area (Å²) in [5.74, 6) is -1.04. The molecular weight excluding hydrogens is 377 g/mol. The normalized spacial score (nSPS) is 14.4. The van der Waals surface area contributed by atoms with E-state index in [0.29, 0.717) is 24.7 Å². The zero-order valence-electron chi connectivity index (χ0n) is 14.5. The molecule has 1 aliphatic rings. The van der Waals surface area contributed by atoms with Crippen LogP contribution in [0.15, 0.2) is 36.4 Å². The number of carbonyl (C=O) groups excluding carboxylic acids is 1. The molecule has 0 bridgehead atoms. The van der Waals surface area contributed by atoms with E-state index < -0.39 is 16.4 Å². The van der Waals surface area contributed by atoms with Crippen molar-refractivity contribution >= 4 is 28.9 Å². The second-order valence-corrected chi connectivity index (χ2v) is 6.53. The highest BCUT2D eigenvalue weighted by Gasteiger charge is 2.31. The number of hydrogen-bond acceptors (Lipinski definition) is 5. The summed E-state index contributed by atoms with van der Waals surface area (Å²) in [6.07, 6.45) is 0. The predicted molar refractivity (Wildman–Crippen MR) is 98.7 cm³/mol. The molecule has 0 saturated carbocycles. The summed E-state index contributed by atoms with van der Waals surface area (Å²) in [6.45, 7) is 1.03. The number of nitro groups is 1. The molecule has 7 nitrogen and oxygen atoms in total. The number of amides is 1. The van der Waals surface area contributed by atoms with Crippen molar-refractivity contribution in [3.63, 3.8) is 0 Å². The Morgan fingerprint density at radius 1 is 1.26 bits per heavy atom. The van der Waals surface area contributed by atoms with E-state index in [1.54, 1.807) is 17.0 Å². The Hall–Kier alpha value is -2.87. The Balaban J connectivity index is 1.79. The Kier molecular flexibility index (Phi) is 5.46. The number of halogens is 2. The highest BCUT2D eigenvalue weighted by molar-refractivity contribution is 6.30. The summed E-state index contributed by atoms with van der Waals surface area (Å²) in [4.78, 5) is 26.2. The molecule has 3 rings (SSSR count). The van der Waals surface area contributed by atoms with Gasteiger partial charge in [-0.15, -0.1) is 0 Å². The molecule has 0 radical (unpaired) electrons. The molecule has 2 aromatic rings. The molecule has 0 unspecified atom stereocenters. The molecule has 9 heteroatoms. The van der Waals surface area contributed by atoms with E-state index in [1.165, 1.54) is 18.1 Å². The lowest BCUT2D eigenvalue weighted by atomic mass is 10.1. The summed E-state index contributed by atoms with van der Waals surface area (Å²) in [7, 11) is 1.35. The van der Waals surface area contributed by atoms with Gasteiger partial charge >= 0.3 is 5.69 Å². The van der Waals surface area contributed by atoms with E-state index >= 15 is 0 Å². The van der Waals surface area contributed by atoms with Crippen LogP contribution in [0.1, 0.15) is 5.56 Å². The molecule has 1 saturated heterocycles. The van der Waals surface area contributed by atoms with Crippen LogP contribution in [0.5, 0.6) is 5.75 Å². The van der Waals surface area contributed by atoms with Crippen molar-refractivity contribution in [2.75, 3.05) is 31.6 Å². The van der Waals surface area contributed by atoms with Gasteiger partial charge in [0.2, 0.25) is 11.7 Å². The van der Waals surface area contributed by atoms with E-state index in [0.717, 1.165) is 11.6 Å². The fourth-order valence-corrected chi connectivity index (χ4v) is 3.12. The van der Waals surface area contributed by atoms with Gasteiger partial charge in [-0.25, -0.2) is 0 Å². The molecule has 27 heavy (non-hydrogen) atoms. The van der Waals surface area contributed by atoms with Gasteiger partial charge in [0.25, 0.3) is 0 Å². The van der Waals surface area contributed by atoms with Gasteiger partial charge in [-0.1, -0.05) is 23.7 Å². The fourth-order valence-electron chi connectivity index (χ4n) is 2.99. The molecule has 0 spiro atoms. The van der Waals surface area contributed by atoms with Crippen LogP contribution in [0, 0.1) is 15.9 Å². The van der Waals surface area contributed by atoms with E-state index in [4.69, 9.17) is 16.3 Å². The molecule has 1 heterocycles. The van der Waals surface area contributed by atoms with Gasteiger partial charge in [0.1, 0.15) is 11.4 Å². The fraction of sp³-hybridized carbons (Fsp3) is 0.278. The van der Waals surface area contributed by atoms with Crippen molar-refractivity contribution in [2.24, 2.45) is 0 Å². The zero-order valence-corrected chi connectivity index (χ0v) is 15.3. The maximum atomic E-state index is 14.1. The van der Waals surface area contributed by atoms with Gasteiger partial charge in [0.15, 0.2) is 0 Å². The minimum atomic E-state index is -0.995. The number of nitro benzene ring substituents is 1. The average molecular weight is 394 g/mol. The zero-order chi connectivity index (χ0) is 19.6. The molecule has 1 aliphatic heterocycles. The number of ether oxygens (including phenoxy) is 1. The number of piperazine rings is 1. The maximum Gasteiger partial charge on any atom is 0.328 e. The van der Waals surface area contributed by atoms with Crippen LogP contribution in [0.25, 0.3) is 0 Å². The lowest BCUT2D eigenvalue weighted by Gasteiger charge is -2.35. The number of anilines is 1. The van der Waals surface area contributed by atoms with Crippen molar-refractivity contribution in [1.29, 1.82) is 0 Å². The van der Waals surface area contributed by atoms with E-state index in [2.05, 4.69) is 0 Å². The second-order valence-electron chi connectivity index (χ2n) is 6.10. The monoisotopic (exact) mass is 393 g/mol. The molecule has 0 aromatic heterocycles. The van der Waals surface area contributed by atoms with Crippen molar-refractivity contribution in [3.8, 4) is 5.75 Å². The van der Waals surface area contributed by atoms with Crippen LogP contribution < -0.4 is 9.64 Å². The van der Waals surface area contributed by atoms with Crippen LogP contribution in [-0.2, 0) is 11.3 Å². The minimum Gasteiger partial charge on any atom is -0.497 e. The van der Waals surface area contributed by atoms with Crippen LogP contribution in [0.2, 0.25) is 5.02 Å². The number of nitrogens with zero attached hydrogens (tertiary/aromatic N) is 3. The summed E-state index contributed by atoms with van der Waals surface area (Å²) in [6, 6.07) is 9.51. The Bertz CT molecular complexity index is 876. The third-order valence-corrected chi connectivity index (χ3v) is 4.63. The van der Waals surface area contributed by atoms with Crippen LogP contribution >= 0.6 is 11.6 Å². The largest absolute Gasteiger partial charge is 0.497 e. The first-order valence-electron chi connectivity index (χ1n) is 8.18. The highest BCUT2D eigenvalue weighted by Crippen LogP contribution is 2.35. The molecule has 142 valence electrons. The van der Waals surface area contributed by atoms with Crippen molar-refractivity contribution in [1.82, 2.24) is 4.90 Å². The summed E-state index contributed by atoms with van der Waals surface area (Å²) < 4.78 is 19.1. The number of benzene rings is 2.